The number of methoxy groups -OCH3 is 1. The number of rotatable bonds is 8. The summed E-state index contributed by atoms with van der Waals surface area (Å²) in [6, 6.07) is 1.89. The summed E-state index contributed by atoms with van der Waals surface area (Å²) in [7, 11) is 1.68. The number of hydrogen-bond donors (Lipinski definition) is 1. The van der Waals surface area contributed by atoms with Crippen molar-refractivity contribution in [1.29, 1.82) is 0 Å². The molecule has 7 heteroatoms. The van der Waals surface area contributed by atoms with Crippen LogP contribution in [0.5, 0.6) is 0 Å². The molecule has 114 valence electrons. The second-order valence-corrected chi connectivity index (χ2v) is 5.80. The summed E-state index contributed by atoms with van der Waals surface area (Å²) in [6.07, 6.45) is 2.58. The molecule has 2 aromatic heterocycles. The number of nitrogens with zero attached hydrogens (tertiary/aromatic N) is 3. The van der Waals surface area contributed by atoms with Gasteiger partial charge < -0.3 is 14.3 Å². The molecule has 0 atom stereocenters. The highest BCUT2D eigenvalue weighted by Crippen LogP contribution is 2.19. The van der Waals surface area contributed by atoms with Crippen LogP contribution in [0.2, 0.25) is 0 Å². The molecule has 2 rings (SSSR count). The Balaban J connectivity index is 1.92. The molecule has 0 unspecified atom stereocenters. The molecule has 1 N–H and O–H groups in total. The number of carbonyl (C=O) groups is 1. The van der Waals surface area contributed by atoms with Gasteiger partial charge in [0.1, 0.15) is 6.33 Å². The van der Waals surface area contributed by atoms with Gasteiger partial charge in [-0.2, -0.15) is 0 Å². The Bertz CT molecular complexity index is 606. The van der Waals surface area contributed by atoms with Gasteiger partial charge in [-0.05, 0) is 26.3 Å². The van der Waals surface area contributed by atoms with Gasteiger partial charge in [0, 0.05) is 37.2 Å². The van der Waals surface area contributed by atoms with E-state index < -0.39 is 0 Å². The number of aromatic amines is 1. The van der Waals surface area contributed by atoms with Crippen molar-refractivity contribution in [3.05, 3.63) is 29.3 Å². The first-order valence-corrected chi connectivity index (χ1v) is 7.79. The number of thioether (sulfide) groups is 1. The van der Waals surface area contributed by atoms with Crippen molar-refractivity contribution < 1.29 is 9.53 Å². The lowest BCUT2D eigenvalue weighted by Crippen LogP contribution is -2.06. The maximum atomic E-state index is 12.2. The van der Waals surface area contributed by atoms with Crippen LogP contribution in [0.15, 0.2) is 17.6 Å². The maximum absolute atomic E-state index is 12.2. The summed E-state index contributed by atoms with van der Waals surface area (Å²) in [4.78, 5) is 15.4. The number of ketones is 1. The average molecular weight is 308 g/mol. The van der Waals surface area contributed by atoms with Crippen LogP contribution in [0.1, 0.15) is 28.2 Å². The van der Waals surface area contributed by atoms with Gasteiger partial charge in [-0.3, -0.25) is 4.79 Å². The lowest BCUT2D eigenvalue weighted by molar-refractivity contribution is 0.102. The number of aryl methyl sites for hydroxylation is 3. The maximum Gasteiger partial charge on any atom is 0.191 e. The van der Waals surface area contributed by atoms with E-state index in [-0.39, 0.29) is 5.78 Å². The highest BCUT2D eigenvalue weighted by Gasteiger charge is 2.14. The lowest BCUT2D eigenvalue weighted by Gasteiger charge is -2.05. The molecular formula is C14H20N4O2S. The van der Waals surface area contributed by atoms with Crippen LogP contribution in [0.25, 0.3) is 0 Å². The first kappa shape index (κ1) is 15.8. The van der Waals surface area contributed by atoms with Crippen molar-refractivity contribution >= 4 is 17.5 Å². The van der Waals surface area contributed by atoms with Crippen LogP contribution in [0, 0.1) is 13.8 Å². The number of ether oxygens (including phenoxy) is 1. The molecule has 0 aliphatic rings. The molecular weight excluding hydrogens is 288 g/mol. The summed E-state index contributed by atoms with van der Waals surface area (Å²) in [5.74, 6) is 0.467. The molecule has 0 aliphatic carbocycles. The molecule has 0 bridgehead atoms. The third-order valence-corrected chi connectivity index (χ3v) is 4.09. The molecule has 0 spiro atoms. The third kappa shape index (κ3) is 4.18. The largest absolute Gasteiger partial charge is 0.385 e. The van der Waals surface area contributed by atoms with Crippen LogP contribution < -0.4 is 0 Å². The molecule has 0 fully saturated rings. The van der Waals surface area contributed by atoms with Gasteiger partial charge in [0.15, 0.2) is 10.9 Å². The van der Waals surface area contributed by atoms with E-state index in [2.05, 4.69) is 15.2 Å². The highest BCUT2D eigenvalue weighted by molar-refractivity contribution is 7.99. The zero-order valence-electron chi connectivity index (χ0n) is 12.5. The van der Waals surface area contributed by atoms with Gasteiger partial charge in [0.25, 0.3) is 0 Å². The lowest BCUT2D eigenvalue weighted by atomic mass is 10.2. The fourth-order valence-corrected chi connectivity index (χ4v) is 2.93. The number of Topliss-reactive ketones (excluding diaryl/α,β-unsaturated/α-hetero) is 1. The monoisotopic (exact) mass is 308 g/mol. The first-order valence-electron chi connectivity index (χ1n) is 6.80. The number of H-pyrrole nitrogens is 1. The van der Waals surface area contributed by atoms with E-state index in [0.717, 1.165) is 35.1 Å². The van der Waals surface area contributed by atoms with Gasteiger partial charge in [-0.25, -0.2) is 0 Å². The predicted octanol–water partition coefficient (Wildman–Crippen LogP) is 2.23. The Morgan fingerprint density at radius 3 is 2.95 bits per heavy atom. The Kier molecular flexibility index (Phi) is 5.58. The van der Waals surface area contributed by atoms with Gasteiger partial charge in [0.2, 0.25) is 0 Å². The fraction of sp³-hybridized carbons (Fsp3) is 0.500. The number of hydrogen-bond acceptors (Lipinski definition) is 5. The van der Waals surface area contributed by atoms with E-state index in [1.165, 1.54) is 11.8 Å². The van der Waals surface area contributed by atoms with E-state index in [4.69, 9.17) is 4.74 Å². The molecule has 0 aliphatic heterocycles. The number of carbonyl (C=O) groups excluding carboxylic acids is 1. The van der Waals surface area contributed by atoms with Crippen LogP contribution in [0.4, 0.5) is 0 Å². The van der Waals surface area contributed by atoms with Gasteiger partial charge >= 0.3 is 0 Å². The second-order valence-electron chi connectivity index (χ2n) is 4.86. The molecule has 6 nitrogen and oxygen atoms in total. The summed E-state index contributed by atoms with van der Waals surface area (Å²) in [6.45, 7) is 5.35. The zero-order valence-corrected chi connectivity index (χ0v) is 13.4. The van der Waals surface area contributed by atoms with E-state index in [1.807, 2.05) is 24.5 Å². The first-order chi connectivity index (χ1) is 10.1. The second kappa shape index (κ2) is 7.42. The van der Waals surface area contributed by atoms with Crippen molar-refractivity contribution in [3.8, 4) is 0 Å². The summed E-state index contributed by atoms with van der Waals surface area (Å²) in [5.41, 5.74) is 2.67. The van der Waals surface area contributed by atoms with Crippen LogP contribution in [0.3, 0.4) is 0 Å². The third-order valence-electron chi connectivity index (χ3n) is 3.11. The molecule has 0 amide bonds. The molecule has 21 heavy (non-hydrogen) atoms. The minimum atomic E-state index is 0.105. The average Bonchev–Trinajstić information content (AvgIpc) is 3.03. The topological polar surface area (TPSA) is 72.8 Å². The van der Waals surface area contributed by atoms with Crippen LogP contribution in [-0.2, 0) is 11.3 Å². The van der Waals surface area contributed by atoms with Gasteiger partial charge in [-0.15, -0.1) is 10.2 Å². The van der Waals surface area contributed by atoms with E-state index in [1.54, 1.807) is 13.4 Å². The Labute approximate surface area is 128 Å². The molecule has 2 aromatic rings. The molecule has 0 radical (unpaired) electrons. The summed E-state index contributed by atoms with van der Waals surface area (Å²) >= 11 is 1.42. The van der Waals surface area contributed by atoms with Crippen LogP contribution in [-0.4, -0.2) is 45.0 Å². The smallest absolute Gasteiger partial charge is 0.191 e. The van der Waals surface area contributed by atoms with Crippen molar-refractivity contribution in [2.45, 2.75) is 32.0 Å². The van der Waals surface area contributed by atoms with E-state index >= 15 is 0 Å². The van der Waals surface area contributed by atoms with Gasteiger partial charge in [-0.1, -0.05) is 11.8 Å². The molecule has 0 saturated carbocycles. The molecule has 2 heterocycles. The Morgan fingerprint density at radius 2 is 2.29 bits per heavy atom. The van der Waals surface area contributed by atoms with Crippen molar-refractivity contribution in [2.75, 3.05) is 19.5 Å². The normalized spacial score (nSPS) is 11.0. The Morgan fingerprint density at radius 1 is 1.48 bits per heavy atom. The van der Waals surface area contributed by atoms with Crippen molar-refractivity contribution in [2.24, 2.45) is 0 Å². The standard InChI is InChI=1S/C14H20N4O2S/c1-10-7-12(11(2)16-10)13(19)8-21-14-17-15-9-18(14)5-4-6-20-3/h7,9,16H,4-6,8H2,1-3H3. The minimum Gasteiger partial charge on any atom is -0.385 e. The summed E-state index contributed by atoms with van der Waals surface area (Å²) < 4.78 is 6.98. The summed E-state index contributed by atoms with van der Waals surface area (Å²) in [5, 5.41) is 8.74. The SMILES string of the molecule is COCCCn1cnnc1SCC(=O)c1cc(C)[nH]c1C. The Hall–Kier alpha value is -1.60. The molecule has 0 saturated heterocycles. The number of aromatic nitrogens is 4. The highest BCUT2D eigenvalue weighted by atomic mass is 32.2. The fourth-order valence-electron chi connectivity index (χ4n) is 2.11. The number of nitrogens with one attached hydrogen (secondary N) is 1. The van der Waals surface area contributed by atoms with Crippen molar-refractivity contribution in [3.63, 3.8) is 0 Å². The van der Waals surface area contributed by atoms with E-state index in [0.29, 0.717) is 12.4 Å². The quantitative estimate of drug-likeness (QED) is 0.460. The molecule has 0 aromatic carbocycles. The van der Waals surface area contributed by atoms with E-state index in [9.17, 15) is 4.79 Å². The van der Waals surface area contributed by atoms with Gasteiger partial charge in [0.05, 0.1) is 5.75 Å². The predicted molar refractivity (Wildman–Crippen MR) is 81.8 cm³/mol. The van der Waals surface area contributed by atoms with Crippen LogP contribution >= 0.6 is 11.8 Å². The minimum absolute atomic E-state index is 0.105. The zero-order chi connectivity index (χ0) is 15.2. The van der Waals surface area contributed by atoms with Crippen molar-refractivity contribution in [1.82, 2.24) is 19.7 Å².